The number of hydrogen-bond donors (Lipinski definition) is 2. The number of carbonyl (C=O) groups is 3. The quantitative estimate of drug-likeness (QED) is 0.692. The molecule has 1 heterocycles. The van der Waals surface area contributed by atoms with Gasteiger partial charge in [0.25, 0.3) is 0 Å². The number of carboxylic acids is 1. The molecule has 1 saturated heterocycles. The molecule has 7 heteroatoms. The van der Waals surface area contributed by atoms with Crippen molar-refractivity contribution in [3.05, 3.63) is 0 Å². The monoisotopic (exact) mass is 342 g/mol. The van der Waals surface area contributed by atoms with Crippen molar-refractivity contribution in [2.45, 2.75) is 33.1 Å². The molecule has 2 amide bonds. The van der Waals surface area contributed by atoms with Gasteiger partial charge in [-0.25, -0.2) is 0 Å². The van der Waals surface area contributed by atoms with E-state index in [2.05, 4.69) is 19.2 Å². The first-order valence-corrected chi connectivity index (χ1v) is 9.35. The fourth-order valence-corrected chi connectivity index (χ4v) is 4.15. The van der Waals surface area contributed by atoms with E-state index < -0.39 is 5.97 Å². The van der Waals surface area contributed by atoms with Gasteiger partial charge < -0.3 is 15.3 Å². The second kappa shape index (κ2) is 7.55. The van der Waals surface area contributed by atoms with Crippen molar-refractivity contribution in [3.63, 3.8) is 0 Å². The van der Waals surface area contributed by atoms with E-state index in [1.54, 1.807) is 0 Å². The molecule has 1 saturated carbocycles. The second-order valence-electron chi connectivity index (χ2n) is 6.87. The lowest BCUT2D eigenvalue weighted by Crippen LogP contribution is -2.50. The van der Waals surface area contributed by atoms with Gasteiger partial charge in [-0.2, -0.15) is 0 Å². The SMILES string of the molecule is CC1C[C@@H]1C1(C)CCCN(CCNC(=O)CSCC(=O)O)C1=O. The number of rotatable bonds is 8. The van der Waals surface area contributed by atoms with Crippen LogP contribution in [0.3, 0.4) is 0 Å². The molecule has 2 N–H and O–H groups in total. The van der Waals surface area contributed by atoms with Crippen LogP contribution in [0.2, 0.25) is 0 Å². The Kier molecular flexibility index (Phi) is 5.95. The Morgan fingerprint density at radius 1 is 1.43 bits per heavy atom. The molecule has 3 atom stereocenters. The molecule has 2 rings (SSSR count). The van der Waals surface area contributed by atoms with Gasteiger partial charge in [0.1, 0.15) is 0 Å². The van der Waals surface area contributed by atoms with E-state index in [1.807, 2.05) is 4.90 Å². The molecule has 0 aromatic heterocycles. The number of thioether (sulfide) groups is 1. The Hall–Kier alpha value is -1.24. The number of likely N-dealkylation sites (tertiary alicyclic amines) is 1. The molecule has 6 nitrogen and oxygen atoms in total. The highest BCUT2D eigenvalue weighted by atomic mass is 32.2. The molecule has 2 unspecified atom stereocenters. The number of piperidine rings is 1. The van der Waals surface area contributed by atoms with Gasteiger partial charge in [0.15, 0.2) is 0 Å². The lowest BCUT2D eigenvalue weighted by atomic mass is 9.76. The van der Waals surface area contributed by atoms with Gasteiger partial charge in [-0.15, -0.1) is 11.8 Å². The van der Waals surface area contributed by atoms with Crippen LogP contribution in [-0.2, 0) is 14.4 Å². The van der Waals surface area contributed by atoms with Crippen LogP contribution in [0.5, 0.6) is 0 Å². The molecule has 23 heavy (non-hydrogen) atoms. The molecular weight excluding hydrogens is 316 g/mol. The number of nitrogens with zero attached hydrogens (tertiary/aromatic N) is 1. The Labute approximate surface area is 141 Å². The fourth-order valence-electron chi connectivity index (χ4n) is 3.59. The minimum atomic E-state index is -0.921. The minimum absolute atomic E-state index is 0.0735. The topological polar surface area (TPSA) is 86.7 Å². The maximum atomic E-state index is 12.7. The van der Waals surface area contributed by atoms with Crippen molar-refractivity contribution in [3.8, 4) is 0 Å². The summed E-state index contributed by atoms with van der Waals surface area (Å²) in [6.07, 6.45) is 3.14. The van der Waals surface area contributed by atoms with Crippen LogP contribution in [0, 0.1) is 17.3 Å². The largest absolute Gasteiger partial charge is 0.481 e. The molecule has 0 spiro atoms. The lowest BCUT2D eigenvalue weighted by Gasteiger charge is -2.40. The van der Waals surface area contributed by atoms with Gasteiger partial charge >= 0.3 is 5.97 Å². The number of nitrogens with one attached hydrogen (secondary N) is 1. The second-order valence-corrected chi connectivity index (χ2v) is 7.85. The summed E-state index contributed by atoms with van der Waals surface area (Å²) in [7, 11) is 0. The average Bonchev–Trinajstić information content (AvgIpc) is 3.21. The molecule has 130 valence electrons. The van der Waals surface area contributed by atoms with E-state index in [-0.39, 0.29) is 28.7 Å². The van der Waals surface area contributed by atoms with Gasteiger partial charge in [-0.3, -0.25) is 14.4 Å². The third kappa shape index (κ3) is 4.62. The third-order valence-electron chi connectivity index (χ3n) is 4.99. The van der Waals surface area contributed by atoms with E-state index in [0.717, 1.165) is 37.6 Å². The molecule has 2 fully saturated rings. The van der Waals surface area contributed by atoms with Crippen molar-refractivity contribution in [1.29, 1.82) is 0 Å². The Morgan fingerprint density at radius 2 is 2.13 bits per heavy atom. The molecule has 1 aliphatic heterocycles. The summed E-state index contributed by atoms with van der Waals surface area (Å²) in [5.41, 5.74) is -0.223. The predicted molar refractivity (Wildman–Crippen MR) is 89.2 cm³/mol. The molecule has 0 aromatic rings. The van der Waals surface area contributed by atoms with Crippen molar-refractivity contribution in [1.82, 2.24) is 10.2 Å². The van der Waals surface area contributed by atoms with Crippen LogP contribution in [0.25, 0.3) is 0 Å². The van der Waals surface area contributed by atoms with Crippen molar-refractivity contribution < 1.29 is 19.5 Å². The van der Waals surface area contributed by atoms with E-state index >= 15 is 0 Å². The van der Waals surface area contributed by atoms with Gasteiger partial charge in [-0.1, -0.05) is 13.8 Å². The Bertz CT molecular complexity index is 485. The van der Waals surface area contributed by atoms with E-state index in [0.29, 0.717) is 24.9 Å². The van der Waals surface area contributed by atoms with Gasteiger partial charge in [0.2, 0.25) is 11.8 Å². The highest BCUT2D eigenvalue weighted by Crippen LogP contribution is 2.54. The first-order valence-electron chi connectivity index (χ1n) is 8.20. The highest BCUT2D eigenvalue weighted by Gasteiger charge is 2.53. The Morgan fingerprint density at radius 3 is 2.74 bits per heavy atom. The predicted octanol–water partition coefficient (Wildman–Crippen LogP) is 1.21. The normalized spacial score (nSPS) is 30.2. The summed E-state index contributed by atoms with van der Waals surface area (Å²) in [6.45, 7) is 6.02. The van der Waals surface area contributed by atoms with E-state index in [9.17, 15) is 14.4 Å². The zero-order chi connectivity index (χ0) is 17.0. The highest BCUT2D eigenvalue weighted by molar-refractivity contribution is 8.00. The van der Waals surface area contributed by atoms with Crippen molar-refractivity contribution in [2.24, 2.45) is 17.3 Å². The van der Waals surface area contributed by atoms with E-state index in [1.165, 1.54) is 0 Å². The van der Waals surface area contributed by atoms with E-state index in [4.69, 9.17) is 5.11 Å². The maximum Gasteiger partial charge on any atom is 0.313 e. The minimum Gasteiger partial charge on any atom is -0.481 e. The van der Waals surface area contributed by atoms with Gasteiger partial charge in [0, 0.05) is 25.0 Å². The van der Waals surface area contributed by atoms with Crippen LogP contribution < -0.4 is 5.32 Å². The number of amides is 2. The number of hydrogen-bond acceptors (Lipinski definition) is 4. The van der Waals surface area contributed by atoms with Crippen LogP contribution in [0.1, 0.15) is 33.1 Å². The summed E-state index contributed by atoms with van der Waals surface area (Å²) in [5, 5.41) is 11.3. The molecular formula is C16H26N2O4S. The summed E-state index contributed by atoms with van der Waals surface area (Å²) < 4.78 is 0. The molecule has 2 aliphatic rings. The van der Waals surface area contributed by atoms with Gasteiger partial charge in [0.05, 0.1) is 11.5 Å². The number of carboxylic acid groups (broad SMARTS) is 1. The number of carbonyl (C=O) groups excluding carboxylic acids is 2. The standard InChI is InChI=1S/C16H26N2O4S/c1-11-8-12(11)16(2)4-3-6-18(15(16)22)7-5-17-13(19)9-23-10-14(20)21/h11-12H,3-10H2,1-2H3,(H,17,19)(H,20,21)/t11?,12-,16?/m0/s1. The Balaban J connectivity index is 1.72. The summed E-state index contributed by atoms with van der Waals surface area (Å²) in [5.74, 6) is 0.352. The first kappa shape index (κ1) is 18.1. The molecule has 1 aliphatic carbocycles. The van der Waals surface area contributed by atoms with Crippen LogP contribution in [0.4, 0.5) is 0 Å². The third-order valence-corrected chi connectivity index (χ3v) is 5.91. The maximum absolute atomic E-state index is 12.7. The zero-order valence-electron chi connectivity index (χ0n) is 13.8. The van der Waals surface area contributed by atoms with Crippen LogP contribution >= 0.6 is 11.8 Å². The average molecular weight is 342 g/mol. The number of aliphatic carboxylic acids is 1. The molecule has 0 radical (unpaired) electrons. The fraction of sp³-hybridized carbons (Fsp3) is 0.812. The smallest absolute Gasteiger partial charge is 0.313 e. The summed E-state index contributed by atoms with van der Waals surface area (Å²) in [6, 6.07) is 0. The lowest BCUT2D eigenvalue weighted by molar-refractivity contribution is -0.147. The summed E-state index contributed by atoms with van der Waals surface area (Å²) in [4.78, 5) is 36.6. The van der Waals surface area contributed by atoms with Crippen LogP contribution in [0.15, 0.2) is 0 Å². The van der Waals surface area contributed by atoms with Gasteiger partial charge in [-0.05, 0) is 31.1 Å². The first-order chi connectivity index (χ1) is 10.8. The van der Waals surface area contributed by atoms with Crippen molar-refractivity contribution in [2.75, 3.05) is 31.1 Å². The van der Waals surface area contributed by atoms with Crippen molar-refractivity contribution >= 4 is 29.5 Å². The van der Waals surface area contributed by atoms with Crippen LogP contribution in [-0.4, -0.2) is 58.9 Å². The molecule has 0 bridgehead atoms. The molecule has 0 aromatic carbocycles. The zero-order valence-corrected chi connectivity index (χ0v) is 14.7. The summed E-state index contributed by atoms with van der Waals surface area (Å²) >= 11 is 1.08.